The molecule has 86 valence electrons. The summed E-state index contributed by atoms with van der Waals surface area (Å²) in [5.41, 5.74) is 1.56. The first-order chi connectivity index (χ1) is 7.47. The van der Waals surface area contributed by atoms with Crippen molar-refractivity contribution >= 4 is 16.6 Å². The molecule has 0 aliphatic carbocycles. The third-order valence-corrected chi connectivity index (χ3v) is 2.60. The minimum absolute atomic E-state index is 0.606. The van der Waals surface area contributed by atoms with Crippen molar-refractivity contribution in [3.05, 3.63) is 30.5 Å². The summed E-state index contributed by atoms with van der Waals surface area (Å²) in [7, 11) is 1.99. The summed E-state index contributed by atoms with van der Waals surface area (Å²) in [5, 5.41) is 11.0. The molecule has 1 heterocycles. The molecule has 0 aliphatic rings. The lowest BCUT2D eigenvalue weighted by atomic mass is 10.1. The molecule has 3 heteroatoms. The maximum absolute atomic E-state index is 9.81. The van der Waals surface area contributed by atoms with Gasteiger partial charge in [-0.25, -0.2) is 0 Å². The molecule has 0 amide bonds. The molecule has 0 saturated heterocycles. The molecule has 0 atom stereocenters. The first-order valence-corrected chi connectivity index (χ1v) is 5.47. The van der Waals surface area contributed by atoms with E-state index in [1.54, 1.807) is 0 Å². The molecule has 0 radical (unpaired) electrons. The van der Waals surface area contributed by atoms with Crippen LogP contribution in [0.4, 0.5) is 5.69 Å². The number of fused-ring (bicyclic) bond motifs is 1. The summed E-state index contributed by atoms with van der Waals surface area (Å²) >= 11 is 0. The second-order valence-electron chi connectivity index (χ2n) is 4.89. The van der Waals surface area contributed by atoms with Crippen LogP contribution >= 0.6 is 0 Å². The molecule has 0 aliphatic heterocycles. The van der Waals surface area contributed by atoms with Crippen molar-refractivity contribution in [3.8, 4) is 0 Å². The fourth-order valence-electron chi connectivity index (χ4n) is 2.04. The minimum atomic E-state index is -0.687. The number of nitrogens with one attached hydrogen (secondary N) is 1. The normalized spacial score (nSPS) is 12.0. The molecule has 0 unspecified atom stereocenters. The molecular formula is C13H18N2O. The Morgan fingerprint density at radius 3 is 2.69 bits per heavy atom. The zero-order valence-electron chi connectivity index (χ0n) is 9.99. The van der Waals surface area contributed by atoms with Gasteiger partial charge in [-0.05, 0) is 19.9 Å². The van der Waals surface area contributed by atoms with Crippen molar-refractivity contribution < 1.29 is 5.11 Å². The summed E-state index contributed by atoms with van der Waals surface area (Å²) in [5.74, 6) is 0. The number of likely N-dealkylation sites (N-methyl/N-ethyl adjacent to an activating group) is 1. The third-order valence-electron chi connectivity index (χ3n) is 2.60. The van der Waals surface area contributed by atoms with Crippen LogP contribution in [-0.4, -0.2) is 29.3 Å². The van der Waals surface area contributed by atoms with E-state index in [0.717, 1.165) is 11.2 Å². The zero-order chi connectivity index (χ0) is 11.8. The second kappa shape index (κ2) is 3.83. The van der Waals surface area contributed by atoms with Crippen molar-refractivity contribution in [2.45, 2.75) is 19.4 Å². The fraction of sp³-hybridized carbons (Fsp3) is 0.385. The molecule has 2 aromatic rings. The molecule has 2 N–H and O–H groups in total. The standard InChI is InChI=1S/C13H18N2O/c1-13(2,16)9-15(3)12-8-14-11-7-5-4-6-10(11)12/h4-8,14,16H,9H2,1-3H3. The number of hydrogen-bond donors (Lipinski definition) is 2. The van der Waals surface area contributed by atoms with Crippen LogP contribution in [0.1, 0.15) is 13.8 Å². The number of H-pyrrole nitrogens is 1. The van der Waals surface area contributed by atoms with Crippen LogP contribution in [0.5, 0.6) is 0 Å². The number of aromatic nitrogens is 1. The number of hydrogen-bond acceptors (Lipinski definition) is 2. The number of aromatic amines is 1. The summed E-state index contributed by atoms with van der Waals surface area (Å²) in [4.78, 5) is 5.30. The highest BCUT2D eigenvalue weighted by molar-refractivity contribution is 5.92. The van der Waals surface area contributed by atoms with Gasteiger partial charge in [0.25, 0.3) is 0 Å². The number of nitrogens with zero attached hydrogens (tertiary/aromatic N) is 1. The lowest BCUT2D eigenvalue weighted by molar-refractivity contribution is 0.0887. The molecule has 3 nitrogen and oxygen atoms in total. The van der Waals surface area contributed by atoms with E-state index in [0.29, 0.717) is 6.54 Å². The molecule has 0 saturated carbocycles. The maximum Gasteiger partial charge on any atom is 0.0765 e. The smallest absolute Gasteiger partial charge is 0.0765 e. The van der Waals surface area contributed by atoms with E-state index in [2.05, 4.69) is 22.0 Å². The Hall–Kier alpha value is -1.48. The predicted molar refractivity (Wildman–Crippen MR) is 67.9 cm³/mol. The van der Waals surface area contributed by atoms with Crippen molar-refractivity contribution in [2.24, 2.45) is 0 Å². The summed E-state index contributed by atoms with van der Waals surface area (Å²) in [6.07, 6.45) is 1.98. The van der Waals surface area contributed by atoms with Gasteiger partial charge in [0.15, 0.2) is 0 Å². The van der Waals surface area contributed by atoms with Crippen molar-refractivity contribution in [1.82, 2.24) is 4.98 Å². The van der Waals surface area contributed by atoms with Gasteiger partial charge in [-0.1, -0.05) is 18.2 Å². The predicted octanol–water partition coefficient (Wildman–Crippen LogP) is 2.38. The van der Waals surface area contributed by atoms with Gasteiger partial charge in [-0.2, -0.15) is 0 Å². The lowest BCUT2D eigenvalue weighted by Gasteiger charge is -2.26. The van der Waals surface area contributed by atoms with E-state index in [9.17, 15) is 5.11 Å². The van der Waals surface area contributed by atoms with Gasteiger partial charge in [0.1, 0.15) is 0 Å². The molecule has 1 aromatic carbocycles. The quantitative estimate of drug-likeness (QED) is 0.830. The maximum atomic E-state index is 9.81. The van der Waals surface area contributed by atoms with E-state index in [-0.39, 0.29) is 0 Å². The monoisotopic (exact) mass is 218 g/mol. The Bertz CT molecular complexity index is 482. The molecule has 2 rings (SSSR count). The van der Waals surface area contributed by atoms with Gasteiger partial charge in [0, 0.05) is 30.7 Å². The Balaban J connectivity index is 2.33. The van der Waals surface area contributed by atoms with E-state index in [4.69, 9.17) is 0 Å². The van der Waals surface area contributed by atoms with Gasteiger partial charge in [0.2, 0.25) is 0 Å². The molecule has 0 spiro atoms. The number of aliphatic hydroxyl groups is 1. The number of anilines is 1. The SMILES string of the molecule is CN(CC(C)(C)O)c1c[nH]c2ccccc12. The zero-order valence-corrected chi connectivity index (χ0v) is 9.99. The van der Waals surface area contributed by atoms with Gasteiger partial charge < -0.3 is 15.0 Å². The van der Waals surface area contributed by atoms with Crippen LogP contribution < -0.4 is 4.90 Å². The van der Waals surface area contributed by atoms with Gasteiger partial charge in [0.05, 0.1) is 11.3 Å². The van der Waals surface area contributed by atoms with Gasteiger partial charge in [-0.3, -0.25) is 0 Å². The second-order valence-corrected chi connectivity index (χ2v) is 4.89. The fourth-order valence-corrected chi connectivity index (χ4v) is 2.04. The average molecular weight is 218 g/mol. The molecular weight excluding hydrogens is 200 g/mol. The Kier molecular flexibility index (Phi) is 2.64. The van der Waals surface area contributed by atoms with E-state index in [1.807, 2.05) is 39.2 Å². The average Bonchev–Trinajstić information content (AvgIpc) is 2.58. The molecule has 16 heavy (non-hydrogen) atoms. The number of rotatable bonds is 3. The Morgan fingerprint density at radius 1 is 1.31 bits per heavy atom. The van der Waals surface area contributed by atoms with Crippen LogP contribution in [0.2, 0.25) is 0 Å². The Labute approximate surface area is 95.7 Å². The third kappa shape index (κ3) is 2.19. The first kappa shape index (κ1) is 11.0. The lowest BCUT2D eigenvalue weighted by Crippen LogP contribution is -2.36. The van der Waals surface area contributed by atoms with Gasteiger partial charge in [-0.15, -0.1) is 0 Å². The van der Waals surface area contributed by atoms with E-state index >= 15 is 0 Å². The number of benzene rings is 1. The number of para-hydroxylation sites is 1. The van der Waals surface area contributed by atoms with Crippen LogP contribution in [0.25, 0.3) is 10.9 Å². The molecule has 1 aromatic heterocycles. The minimum Gasteiger partial charge on any atom is -0.389 e. The molecule has 0 fully saturated rings. The highest BCUT2D eigenvalue weighted by Crippen LogP contribution is 2.26. The highest BCUT2D eigenvalue weighted by atomic mass is 16.3. The van der Waals surface area contributed by atoms with Crippen LogP contribution in [0.3, 0.4) is 0 Å². The topological polar surface area (TPSA) is 39.3 Å². The largest absolute Gasteiger partial charge is 0.389 e. The van der Waals surface area contributed by atoms with Crippen molar-refractivity contribution in [3.63, 3.8) is 0 Å². The van der Waals surface area contributed by atoms with E-state index < -0.39 is 5.60 Å². The van der Waals surface area contributed by atoms with E-state index in [1.165, 1.54) is 5.39 Å². The van der Waals surface area contributed by atoms with Crippen molar-refractivity contribution in [2.75, 3.05) is 18.5 Å². The summed E-state index contributed by atoms with van der Waals surface area (Å²) in [6.45, 7) is 4.24. The highest BCUT2D eigenvalue weighted by Gasteiger charge is 2.17. The van der Waals surface area contributed by atoms with Crippen molar-refractivity contribution in [1.29, 1.82) is 0 Å². The van der Waals surface area contributed by atoms with Gasteiger partial charge >= 0.3 is 0 Å². The van der Waals surface area contributed by atoms with Crippen LogP contribution in [0.15, 0.2) is 30.5 Å². The Morgan fingerprint density at radius 2 is 2.00 bits per heavy atom. The van der Waals surface area contributed by atoms with Crippen LogP contribution in [-0.2, 0) is 0 Å². The molecule has 0 bridgehead atoms. The first-order valence-electron chi connectivity index (χ1n) is 5.47. The van der Waals surface area contributed by atoms with Crippen LogP contribution in [0, 0.1) is 0 Å². The summed E-state index contributed by atoms with van der Waals surface area (Å²) < 4.78 is 0. The summed E-state index contributed by atoms with van der Waals surface area (Å²) in [6, 6.07) is 8.18.